The predicted molar refractivity (Wildman–Crippen MR) is 127 cm³/mol. The number of benzene rings is 3. The zero-order valence-corrected chi connectivity index (χ0v) is 18.6. The summed E-state index contributed by atoms with van der Waals surface area (Å²) in [5.74, 6) is -0.930. The van der Waals surface area contributed by atoms with Gasteiger partial charge in [-0.1, -0.05) is 54.9 Å². The fourth-order valence-electron chi connectivity index (χ4n) is 2.95. The van der Waals surface area contributed by atoms with E-state index in [0.29, 0.717) is 28.8 Å². The van der Waals surface area contributed by atoms with Crippen LogP contribution in [0.15, 0.2) is 77.9 Å². The molecular weight excluding hydrogens is 426 g/mol. The molecule has 3 rings (SSSR count). The number of hydrogen-bond acceptors (Lipinski definition) is 4. The number of aryl methyl sites for hydroxylation is 1. The molecule has 2 N–H and O–H groups in total. The van der Waals surface area contributed by atoms with Crippen molar-refractivity contribution >= 4 is 34.8 Å². The lowest BCUT2D eigenvalue weighted by atomic mass is 10.1. The van der Waals surface area contributed by atoms with Gasteiger partial charge in [-0.05, 0) is 60.9 Å². The van der Waals surface area contributed by atoms with Gasteiger partial charge in [0.05, 0.1) is 5.71 Å². The highest BCUT2D eigenvalue weighted by Crippen LogP contribution is 2.19. The van der Waals surface area contributed by atoms with Gasteiger partial charge in [0.1, 0.15) is 12.4 Å². The number of hydrazone groups is 1. The van der Waals surface area contributed by atoms with Gasteiger partial charge in [-0.2, -0.15) is 5.10 Å². The first kappa shape index (κ1) is 23.0. The number of carbonyl (C=O) groups excluding carboxylic acids is 2. The van der Waals surface area contributed by atoms with Crippen molar-refractivity contribution in [1.82, 2.24) is 5.43 Å². The molecule has 6 nitrogen and oxygen atoms in total. The minimum absolute atomic E-state index is 0.360. The van der Waals surface area contributed by atoms with Crippen molar-refractivity contribution < 1.29 is 14.3 Å². The Hall–Kier alpha value is -3.64. The molecule has 0 aliphatic heterocycles. The summed E-state index contributed by atoms with van der Waals surface area (Å²) < 4.78 is 5.77. The summed E-state index contributed by atoms with van der Waals surface area (Å²) in [6.45, 7) is 4.08. The first-order valence-corrected chi connectivity index (χ1v) is 10.6. The van der Waals surface area contributed by atoms with Gasteiger partial charge < -0.3 is 10.1 Å². The van der Waals surface area contributed by atoms with Gasteiger partial charge in [-0.3, -0.25) is 9.59 Å². The molecule has 0 saturated heterocycles. The van der Waals surface area contributed by atoms with Crippen LogP contribution in [0.1, 0.15) is 30.5 Å². The van der Waals surface area contributed by atoms with Gasteiger partial charge in [0.15, 0.2) is 0 Å². The molecule has 0 bridgehead atoms. The highest BCUT2D eigenvalue weighted by Gasteiger charge is 2.14. The molecule has 0 aromatic heterocycles. The maximum atomic E-state index is 12.2. The fraction of sp³-hybridized carbons (Fsp3) is 0.160. The fourth-order valence-corrected chi connectivity index (χ4v) is 3.14. The van der Waals surface area contributed by atoms with E-state index in [9.17, 15) is 9.59 Å². The average molecular weight is 450 g/mol. The number of rotatable bonds is 7. The Morgan fingerprint density at radius 1 is 0.906 bits per heavy atom. The second-order valence-corrected chi connectivity index (χ2v) is 7.41. The number of para-hydroxylation sites is 1. The highest BCUT2D eigenvalue weighted by atomic mass is 35.5. The van der Waals surface area contributed by atoms with Crippen LogP contribution in [0.25, 0.3) is 0 Å². The molecule has 0 aliphatic rings. The summed E-state index contributed by atoms with van der Waals surface area (Å²) in [5.41, 5.74) is 6.10. The van der Waals surface area contributed by atoms with Crippen molar-refractivity contribution in [3.05, 3.63) is 94.5 Å². The third kappa shape index (κ3) is 6.18. The normalized spacial score (nSPS) is 11.0. The van der Waals surface area contributed by atoms with E-state index < -0.39 is 11.8 Å². The van der Waals surface area contributed by atoms with Crippen LogP contribution in [0.2, 0.25) is 5.02 Å². The van der Waals surface area contributed by atoms with E-state index in [1.54, 1.807) is 31.2 Å². The number of nitrogens with zero attached hydrogens (tertiary/aromatic N) is 1. The maximum absolute atomic E-state index is 12.2. The maximum Gasteiger partial charge on any atom is 0.329 e. The molecule has 0 spiro atoms. The number of ether oxygens (including phenoxy) is 1. The Bertz CT molecular complexity index is 1130. The Labute approximate surface area is 192 Å². The van der Waals surface area contributed by atoms with Gasteiger partial charge in [-0.15, -0.1) is 0 Å². The minimum atomic E-state index is -0.838. The Balaban J connectivity index is 1.55. The molecule has 0 aliphatic carbocycles. The number of halogens is 1. The molecule has 0 fully saturated rings. The van der Waals surface area contributed by atoms with Crippen LogP contribution in [0.4, 0.5) is 5.69 Å². The molecule has 0 heterocycles. The van der Waals surface area contributed by atoms with Crippen LogP contribution in [-0.2, 0) is 22.6 Å². The molecular formula is C25H24ClN3O3. The summed E-state index contributed by atoms with van der Waals surface area (Å²) in [7, 11) is 0. The summed E-state index contributed by atoms with van der Waals surface area (Å²) in [6.07, 6.45) is 0.743. The van der Waals surface area contributed by atoms with Crippen molar-refractivity contribution in [2.45, 2.75) is 26.9 Å². The number of amides is 2. The first-order valence-electron chi connectivity index (χ1n) is 10.2. The number of nitrogens with one attached hydrogen (secondary N) is 2. The summed E-state index contributed by atoms with van der Waals surface area (Å²) in [6, 6.07) is 22.1. The molecule has 0 unspecified atom stereocenters. The van der Waals surface area contributed by atoms with Crippen molar-refractivity contribution in [2.75, 3.05) is 5.32 Å². The van der Waals surface area contributed by atoms with E-state index >= 15 is 0 Å². The zero-order valence-electron chi connectivity index (χ0n) is 17.9. The third-order valence-corrected chi connectivity index (χ3v) is 5.17. The summed E-state index contributed by atoms with van der Waals surface area (Å²) in [4.78, 5) is 24.3. The third-order valence-electron chi connectivity index (χ3n) is 4.80. The molecule has 2 amide bonds. The van der Waals surface area contributed by atoms with Crippen LogP contribution < -0.4 is 15.5 Å². The van der Waals surface area contributed by atoms with Crippen LogP contribution >= 0.6 is 11.6 Å². The second kappa shape index (κ2) is 11.1. The van der Waals surface area contributed by atoms with Crippen molar-refractivity contribution in [1.29, 1.82) is 0 Å². The Morgan fingerprint density at radius 3 is 2.25 bits per heavy atom. The Kier molecular flexibility index (Phi) is 8.00. The van der Waals surface area contributed by atoms with Crippen molar-refractivity contribution in [3.63, 3.8) is 0 Å². The topological polar surface area (TPSA) is 79.8 Å². The lowest BCUT2D eigenvalue weighted by Crippen LogP contribution is -2.33. The van der Waals surface area contributed by atoms with E-state index in [1.165, 1.54) is 0 Å². The highest BCUT2D eigenvalue weighted by molar-refractivity contribution is 6.39. The second-order valence-electron chi connectivity index (χ2n) is 7.01. The molecule has 7 heteroatoms. The van der Waals surface area contributed by atoms with Crippen LogP contribution in [0, 0.1) is 0 Å². The zero-order chi connectivity index (χ0) is 22.9. The average Bonchev–Trinajstić information content (AvgIpc) is 2.82. The van der Waals surface area contributed by atoms with Gasteiger partial charge >= 0.3 is 11.8 Å². The van der Waals surface area contributed by atoms with E-state index in [4.69, 9.17) is 16.3 Å². The molecule has 3 aromatic carbocycles. The standard InChI is InChI=1S/C25H24ClN3O3/c1-3-18-8-5-7-11-23(18)27-24(30)25(31)29-28-17(2)19-12-14-21(15-13-19)32-16-20-9-4-6-10-22(20)26/h4-15H,3,16H2,1-2H3,(H,27,30)(H,29,31)/b28-17+. The largest absolute Gasteiger partial charge is 0.489 e. The predicted octanol–water partition coefficient (Wildman–Crippen LogP) is 4.96. The SMILES string of the molecule is CCc1ccccc1NC(=O)C(=O)N/N=C(\C)c1ccc(OCc2ccccc2Cl)cc1. The lowest BCUT2D eigenvalue weighted by molar-refractivity contribution is -0.136. The van der Waals surface area contributed by atoms with Crippen molar-refractivity contribution in [2.24, 2.45) is 5.10 Å². The quantitative estimate of drug-likeness (QED) is 0.304. The van der Waals surface area contributed by atoms with E-state index in [0.717, 1.165) is 23.1 Å². The molecule has 32 heavy (non-hydrogen) atoms. The number of hydrogen-bond donors (Lipinski definition) is 2. The first-order chi connectivity index (χ1) is 15.5. The molecule has 3 aromatic rings. The van der Waals surface area contributed by atoms with Crippen LogP contribution in [0.3, 0.4) is 0 Å². The number of carbonyl (C=O) groups is 2. The van der Waals surface area contributed by atoms with Crippen LogP contribution in [0.5, 0.6) is 5.75 Å². The molecule has 0 atom stereocenters. The molecule has 164 valence electrons. The van der Waals surface area contributed by atoms with E-state index in [-0.39, 0.29) is 0 Å². The van der Waals surface area contributed by atoms with E-state index in [2.05, 4.69) is 15.8 Å². The number of anilines is 1. The van der Waals surface area contributed by atoms with E-state index in [1.807, 2.05) is 55.5 Å². The lowest BCUT2D eigenvalue weighted by Gasteiger charge is -2.09. The molecule has 0 saturated carbocycles. The van der Waals surface area contributed by atoms with Gasteiger partial charge in [0.2, 0.25) is 0 Å². The Morgan fingerprint density at radius 2 is 1.56 bits per heavy atom. The smallest absolute Gasteiger partial charge is 0.329 e. The monoisotopic (exact) mass is 449 g/mol. The molecule has 0 radical (unpaired) electrons. The van der Waals surface area contributed by atoms with Crippen LogP contribution in [-0.4, -0.2) is 17.5 Å². The van der Waals surface area contributed by atoms with Gasteiger partial charge in [0.25, 0.3) is 0 Å². The van der Waals surface area contributed by atoms with Gasteiger partial charge in [-0.25, -0.2) is 5.43 Å². The summed E-state index contributed by atoms with van der Waals surface area (Å²) >= 11 is 6.14. The minimum Gasteiger partial charge on any atom is -0.489 e. The summed E-state index contributed by atoms with van der Waals surface area (Å²) in [5, 5.41) is 7.31. The van der Waals surface area contributed by atoms with Gasteiger partial charge in [0, 0.05) is 16.3 Å². The van der Waals surface area contributed by atoms with Crippen molar-refractivity contribution in [3.8, 4) is 5.75 Å².